The Morgan fingerprint density at radius 3 is 2.54 bits per heavy atom. The molecule has 2 aromatic rings. The number of amides is 1. The van der Waals surface area contributed by atoms with Gasteiger partial charge in [0.15, 0.2) is 6.10 Å². The molecule has 128 valence electrons. The maximum atomic E-state index is 12.1. The molecule has 1 N–H and O–H groups in total. The zero-order valence-corrected chi connectivity index (χ0v) is 14.9. The summed E-state index contributed by atoms with van der Waals surface area (Å²) in [6, 6.07) is 13.1. The fourth-order valence-electron chi connectivity index (χ4n) is 2.25. The van der Waals surface area contributed by atoms with Gasteiger partial charge < -0.3 is 14.8 Å². The molecule has 0 radical (unpaired) electrons. The number of halogens is 1. The third kappa shape index (κ3) is 5.17. The van der Waals surface area contributed by atoms with Crippen LogP contribution >= 0.6 is 11.6 Å². The van der Waals surface area contributed by atoms with Gasteiger partial charge in [-0.1, -0.05) is 23.7 Å². The van der Waals surface area contributed by atoms with Crippen LogP contribution in [0.25, 0.3) is 0 Å². The van der Waals surface area contributed by atoms with E-state index in [2.05, 4.69) is 5.32 Å². The second kappa shape index (κ2) is 8.60. The quantitative estimate of drug-likeness (QED) is 0.829. The first-order chi connectivity index (χ1) is 11.5. The van der Waals surface area contributed by atoms with E-state index in [4.69, 9.17) is 21.1 Å². The van der Waals surface area contributed by atoms with Crippen molar-refractivity contribution in [3.63, 3.8) is 0 Å². The first-order valence-corrected chi connectivity index (χ1v) is 8.21. The smallest absolute Gasteiger partial charge is 0.260 e. The average molecular weight is 348 g/mol. The van der Waals surface area contributed by atoms with Crippen LogP contribution in [-0.2, 0) is 11.2 Å². The van der Waals surface area contributed by atoms with E-state index in [-0.39, 0.29) is 5.91 Å². The minimum Gasteiger partial charge on any atom is -0.497 e. The zero-order chi connectivity index (χ0) is 17.5. The van der Waals surface area contributed by atoms with Crippen molar-refractivity contribution in [3.8, 4) is 11.5 Å². The van der Waals surface area contributed by atoms with Crippen LogP contribution in [0.5, 0.6) is 11.5 Å². The van der Waals surface area contributed by atoms with Gasteiger partial charge in [0, 0.05) is 11.6 Å². The van der Waals surface area contributed by atoms with Crippen LogP contribution in [0.2, 0.25) is 5.02 Å². The summed E-state index contributed by atoms with van der Waals surface area (Å²) < 4.78 is 10.8. The third-order valence-corrected chi connectivity index (χ3v) is 3.92. The number of carbonyl (C=O) groups is 1. The minimum atomic E-state index is -0.569. The highest BCUT2D eigenvalue weighted by molar-refractivity contribution is 6.30. The molecule has 4 nitrogen and oxygen atoms in total. The van der Waals surface area contributed by atoms with Crippen molar-refractivity contribution in [1.82, 2.24) is 5.32 Å². The zero-order valence-electron chi connectivity index (χ0n) is 14.1. The molecular formula is C19H22ClNO3. The molecule has 0 spiro atoms. The normalized spacial score (nSPS) is 11.7. The van der Waals surface area contributed by atoms with E-state index in [0.29, 0.717) is 17.3 Å². The molecule has 0 unspecified atom stereocenters. The first kappa shape index (κ1) is 18.1. The van der Waals surface area contributed by atoms with Gasteiger partial charge in [-0.05, 0) is 61.7 Å². The van der Waals surface area contributed by atoms with Gasteiger partial charge in [-0.2, -0.15) is 0 Å². The molecule has 1 atom stereocenters. The molecule has 0 fully saturated rings. The number of carbonyl (C=O) groups excluding carboxylic acids is 1. The molecule has 2 aromatic carbocycles. The lowest BCUT2D eigenvalue weighted by atomic mass is 10.1. The molecule has 0 saturated carbocycles. The number of hydrogen-bond acceptors (Lipinski definition) is 3. The molecule has 5 heteroatoms. The summed E-state index contributed by atoms with van der Waals surface area (Å²) in [6.07, 6.45) is 0.184. The summed E-state index contributed by atoms with van der Waals surface area (Å²) in [4.78, 5) is 12.1. The Kier molecular flexibility index (Phi) is 6.50. The fraction of sp³-hybridized carbons (Fsp3) is 0.316. The Labute approximate surface area is 147 Å². The van der Waals surface area contributed by atoms with E-state index in [9.17, 15) is 4.79 Å². The standard InChI is InChI=1S/C19H22ClNO3/c1-13-12-16(20)6-9-18(13)24-14(2)19(22)21-11-10-15-4-7-17(23-3)8-5-15/h4-9,12,14H,10-11H2,1-3H3,(H,21,22)/t14-/m1/s1. The summed E-state index contributed by atoms with van der Waals surface area (Å²) in [5, 5.41) is 3.54. The van der Waals surface area contributed by atoms with Gasteiger partial charge in [0.1, 0.15) is 11.5 Å². The van der Waals surface area contributed by atoms with Crippen molar-refractivity contribution in [3.05, 3.63) is 58.6 Å². The van der Waals surface area contributed by atoms with Crippen molar-refractivity contribution in [2.24, 2.45) is 0 Å². The topological polar surface area (TPSA) is 47.6 Å². The maximum absolute atomic E-state index is 12.1. The predicted octanol–water partition coefficient (Wildman–Crippen LogP) is 3.78. The van der Waals surface area contributed by atoms with Crippen LogP contribution < -0.4 is 14.8 Å². The van der Waals surface area contributed by atoms with Gasteiger partial charge in [-0.25, -0.2) is 0 Å². The average Bonchev–Trinajstić information content (AvgIpc) is 2.57. The van der Waals surface area contributed by atoms with E-state index < -0.39 is 6.10 Å². The number of methoxy groups -OCH3 is 1. The Hall–Kier alpha value is -2.20. The number of ether oxygens (including phenoxy) is 2. The predicted molar refractivity (Wildman–Crippen MR) is 96.0 cm³/mol. The third-order valence-electron chi connectivity index (χ3n) is 3.68. The molecule has 0 bridgehead atoms. The van der Waals surface area contributed by atoms with E-state index in [1.165, 1.54) is 0 Å². The van der Waals surface area contributed by atoms with E-state index >= 15 is 0 Å². The molecular weight excluding hydrogens is 326 g/mol. The lowest BCUT2D eigenvalue weighted by molar-refractivity contribution is -0.127. The van der Waals surface area contributed by atoms with Gasteiger partial charge >= 0.3 is 0 Å². The van der Waals surface area contributed by atoms with Gasteiger partial charge in [0.2, 0.25) is 0 Å². The summed E-state index contributed by atoms with van der Waals surface area (Å²) in [7, 11) is 1.64. The number of nitrogens with one attached hydrogen (secondary N) is 1. The van der Waals surface area contributed by atoms with Crippen LogP contribution in [0.3, 0.4) is 0 Å². The van der Waals surface area contributed by atoms with Gasteiger partial charge in [-0.15, -0.1) is 0 Å². The second-order valence-corrected chi connectivity index (χ2v) is 6.00. The number of aryl methyl sites for hydroxylation is 1. The maximum Gasteiger partial charge on any atom is 0.260 e. The van der Waals surface area contributed by atoms with Crippen LogP contribution in [0.4, 0.5) is 0 Å². The second-order valence-electron chi connectivity index (χ2n) is 5.56. The Balaban J connectivity index is 1.80. The monoisotopic (exact) mass is 347 g/mol. The highest BCUT2D eigenvalue weighted by Gasteiger charge is 2.15. The summed E-state index contributed by atoms with van der Waals surface area (Å²) in [5.74, 6) is 1.35. The van der Waals surface area contributed by atoms with Crippen molar-refractivity contribution in [2.75, 3.05) is 13.7 Å². The van der Waals surface area contributed by atoms with Gasteiger partial charge in [-0.3, -0.25) is 4.79 Å². The molecule has 1 amide bonds. The van der Waals surface area contributed by atoms with Crippen LogP contribution in [-0.4, -0.2) is 25.7 Å². The van der Waals surface area contributed by atoms with Gasteiger partial charge in [0.25, 0.3) is 5.91 Å². The first-order valence-electron chi connectivity index (χ1n) is 7.83. The van der Waals surface area contributed by atoms with Crippen molar-refractivity contribution < 1.29 is 14.3 Å². The van der Waals surface area contributed by atoms with Gasteiger partial charge in [0.05, 0.1) is 7.11 Å². The van der Waals surface area contributed by atoms with Crippen LogP contribution in [0, 0.1) is 6.92 Å². The molecule has 0 saturated heterocycles. The van der Waals surface area contributed by atoms with Crippen LogP contribution in [0.1, 0.15) is 18.1 Å². The van der Waals surface area contributed by atoms with E-state index in [1.54, 1.807) is 26.2 Å². The summed E-state index contributed by atoms with van der Waals surface area (Å²) in [5.41, 5.74) is 2.04. The highest BCUT2D eigenvalue weighted by atomic mass is 35.5. The summed E-state index contributed by atoms with van der Waals surface area (Å²) in [6.45, 7) is 4.19. The molecule has 24 heavy (non-hydrogen) atoms. The van der Waals surface area contributed by atoms with Crippen LogP contribution in [0.15, 0.2) is 42.5 Å². The van der Waals surface area contributed by atoms with E-state index in [0.717, 1.165) is 23.3 Å². The van der Waals surface area contributed by atoms with Crippen molar-refractivity contribution in [2.45, 2.75) is 26.4 Å². The molecule has 2 rings (SSSR count). The summed E-state index contributed by atoms with van der Waals surface area (Å²) >= 11 is 5.92. The molecule has 0 aliphatic rings. The molecule has 0 heterocycles. The molecule has 0 aliphatic heterocycles. The number of rotatable bonds is 7. The minimum absolute atomic E-state index is 0.141. The van der Waals surface area contributed by atoms with Crippen molar-refractivity contribution >= 4 is 17.5 Å². The Morgan fingerprint density at radius 2 is 1.92 bits per heavy atom. The highest BCUT2D eigenvalue weighted by Crippen LogP contribution is 2.22. The van der Waals surface area contributed by atoms with E-state index in [1.807, 2.05) is 37.3 Å². The largest absolute Gasteiger partial charge is 0.497 e. The lowest BCUT2D eigenvalue weighted by Gasteiger charge is -2.16. The Morgan fingerprint density at radius 1 is 1.21 bits per heavy atom. The fourth-order valence-corrected chi connectivity index (χ4v) is 2.48. The number of benzene rings is 2. The SMILES string of the molecule is COc1ccc(CCNC(=O)[C@@H](C)Oc2ccc(Cl)cc2C)cc1. The Bertz CT molecular complexity index is 686. The molecule has 0 aliphatic carbocycles. The molecule has 0 aromatic heterocycles. The van der Waals surface area contributed by atoms with Crippen molar-refractivity contribution in [1.29, 1.82) is 0 Å². The number of hydrogen-bond donors (Lipinski definition) is 1. The lowest BCUT2D eigenvalue weighted by Crippen LogP contribution is -2.37.